The van der Waals surface area contributed by atoms with Crippen molar-refractivity contribution in [3.05, 3.63) is 18.0 Å². The van der Waals surface area contributed by atoms with Crippen LogP contribution in [0.1, 0.15) is 12.6 Å². The molecule has 16 heavy (non-hydrogen) atoms. The number of methoxy groups -OCH3 is 1. The smallest absolute Gasteiger partial charge is 0.380 e. The SMILES string of the molecule is COC(C)CNc1nccc(C(F)(F)F)n1. The van der Waals surface area contributed by atoms with Gasteiger partial charge in [0.15, 0.2) is 0 Å². The molecule has 1 aromatic heterocycles. The molecule has 1 aromatic rings. The number of hydrogen-bond donors (Lipinski definition) is 1. The molecule has 4 nitrogen and oxygen atoms in total. The lowest BCUT2D eigenvalue weighted by Crippen LogP contribution is -2.20. The fourth-order valence-electron chi connectivity index (χ4n) is 0.920. The second kappa shape index (κ2) is 5.11. The van der Waals surface area contributed by atoms with Crippen LogP contribution in [-0.2, 0) is 10.9 Å². The molecular weight excluding hydrogens is 223 g/mol. The normalized spacial score (nSPS) is 13.6. The lowest BCUT2D eigenvalue weighted by Gasteiger charge is -2.11. The first kappa shape index (κ1) is 12.7. The summed E-state index contributed by atoms with van der Waals surface area (Å²) < 4.78 is 41.8. The van der Waals surface area contributed by atoms with Gasteiger partial charge in [0, 0.05) is 19.9 Å². The highest BCUT2D eigenvalue weighted by Gasteiger charge is 2.32. The molecule has 0 spiro atoms. The lowest BCUT2D eigenvalue weighted by molar-refractivity contribution is -0.141. The van der Waals surface area contributed by atoms with E-state index in [4.69, 9.17) is 4.74 Å². The van der Waals surface area contributed by atoms with Crippen LogP contribution in [0.2, 0.25) is 0 Å². The zero-order chi connectivity index (χ0) is 12.2. The number of rotatable bonds is 4. The van der Waals surface area contributed by atoms with Gasteiger partial charge in [0.05, 0.1) is 6.10 Å². The van der Waals surface area contributed by atoms with Crippen LogP contribution in [0.25, 0.3) is 0 Å². The van der Waals surface area contributed by atoms with Crippen molar-refractivity contribution in [1.82, 2.24) is 9.97 Å². The van der Waals surface area contributed by atoms with E-state index >= 15 is 0 Å². The van der Waals surface area contributed by atoms with Gasteiger partial charge in [-0.1, -0.05) is 0 Å². The minimum Gasteiger partial charge on any atom is -0.380 e. The van der Waals surface area contributed by atoms with Gasteiger partial charge in [0.2, 0.25) is 5.95 Å². The van der Waals surface area contributed by atoms with Crippen LogP contribution in [0.5, 0.6) is 0 Å². The first-order valence-electron chi connectivity index (χ1n) is 4.60. The van der Waals surface area contributed by atoms with Crippen LogP contribution >= 0.6 is 0 Å². The monoisotopic (exact) mass is 235 g/mol. The summed E-state index contributed by atoms with van der Waals surface area (Å²) in [5.41, 5.74) is -0.963. The van der Waals surface area contributed by atoms with Gasteiger partial charge in [0.25, 0.3) is 0 Å². The van der Waals surface area contributed by atoms with E-state index in [1.165, 1.54) is 7.11 Å². The summed E-state index contributed by atoms with van der Waals surface area (Å²) in [5.74, 6) is -0.0567. The highest BCUT2D eigenvalue weighted by atomic mass is 19.4. The minimum atomic E-state index is -4.45. The Morgan fingerprint density at radius 2 is 2.19 bits per heavy atom. The zero-order valence-corrected chi connectivity index (χ0v) is 8.88. The molecule has 1 atom stereocenters. The first-order valence-corrected chi connectivity index (χ1v) is 4.60. The number of anilines is 1. The van der Waals surface area contributed by atoms with Crippen LogP contribution in [0, 0.1) is 0 Å². The Morgan fingerprint density at radius 1 is 1.50 bits per heavy atom. The molecule has 7 heteroatoms. The van der Waals surface area contributed by atoms with Crippen molar-refractivity contribution in [3.63, 3.8) is 0 Å². The Morgan fingerprint density at radius 3 is 2.75 bits per heavy atom. The van der Waals surface area contributed by atoms with E-state index in [-0.39, 0.29) is 12.1 Å². The van der Waals surface area contributed by atoms with Crippen LogP contribution in [0.15, 0.2) is 12.3 Å². The molecule has 1 N–H and O–H groups in total. The Bertz CT molecular complexity index is 343. The Kier molecular flexibility index (Phi) is 4.05. The maximum Gasteiger partial charge on any atom is 0.433 e. The summed E-state index contributed by atoms with van der Waals surface area (Å²) in [7, 11) is 1.51. The van der Waals surface area contributed by atoms with Crippen LogP contribution in [-0.4, -0.2) is 29.7 Å². The summed E-state index contributed by atoms with van der Waals surface area (Å²) in [6.45, 7) is 2.12. The van der Waals surface area contributed by atoms with Crippen molar-refractivity contribution in [1.29, 1.82) is 0 Å². The number of hydrogen-bond acceptors (Lipinski definition) is 4. The lowest BCUT2D eigenvalue weighted by atomic mass is 10.4. The van der Waals surface area contributed by atoms with Gasteiger partial charge in [-0.3, -0.25) is 0 Å². The second-order valence-corrected chi connectivity index (χ2v) is 3.19. The van der Waals surface area contributed by atoms with E-state index in [1.54, 1.807) is 6.92 Å². The summed E-state index contributed by atoms with van der Waals surface area (Å²) in [5, 5.41) is 2.66. The highest BCUT2D eigenvalue weighted by Crippen LogP contribution is 2.27. The zero-order valence-electron chi connectivity index (χ0n) is 8.88. The van der Waals surface area contributed by atoms with Crippen molar-refractivity contribution in [2.24, 2.45) is 0 Å². The molecule has 1 unspecified atom stereocenters. The number of nitrogens with one attached hydrogen (secondary N) is 1. The average Bonchev–Trinajstić information content (AvgIpc) is 2.25. The highest BCUT2D eigenvalue weighted by molar-refractivity contribution is 5.26. The van der Waals surface area contributed by atoms with Gasteiger partial charge >= 0.3 is 6.18 Å². The van der Waals surface area contributed by atoms with Crippen LogP contribution in [0.4, 0.5) is 19.1 Å². The van der Waals surface area contributed by atoms with E-state index in [2.05, 4.69) is 15.3 Å². The van der Waals surface area contributed by atoms with Crippen molar-refractivity contribution >= 4 is 5.95 Å². The largest absolute Gasteiger partial charge is 0.433 e. The van der Waals surface area contributed by atoms with Gasteiger partial charge in [0.1, 0.15) is 5.69 Å². The topological polar surface area (TPSA) is 47.0 Å². The first-order chi connectivity index (χ1) is 7.43. The van der Waals surface area contributed by atoms with Gasteiger partial charge < -0.3 is 10.1 Å². The fraction of sp³-hybridized carbons (Fsp3) is 0.556. The van der Waals surface area contributed by atoms with E-state index in [0.29, 0.717) is 6.54 Å². The van der Waals surface area contributed by atoms with Crippen molar-refractivity contribution in [3.8, 4) is 0 Å². The van der Waals surface area contributed by atoms with Gasteiger partial charge in [-0.25, -0.2) is 9.97 Å². The Balaban J connectivity index is 2.68. The summed E-state index contributed by atoms with van der Waals surface area (Å²) in [6, 6.07) is 0.824. The molecule has 0 saturated carbocycles. The predicted octanol–water partition coefficient (Wildman–Crippen LogP) is 1.94. The Hall–Kier alpha value is -1.37. The third kappa shape index (κ3) is 3.65. The molecule has 0 saturated heterocycles. The average molecular weight is 235 g/mol. The third-order valence-corrected chi connectivity index (χ3v) is 1.90. The minimum absolute atomic E-state index is 0.0567. The molecule has 0 aliphatic rings. The molecule has 0 bridgehead atoms. The van der Waals surface area contributed by atoms with Crippen molar-refractivity contribution in [2.45, 2.75) is 19.2 Å². The summed E-state index contributed by atoms with van der Waals surface area (Å²) in [4.78, 5) is 7.03. The van der Waals surface area contributed by atoms with E-state index in [0.717, 1.165) is 12.3 Å². The number of alkyl halides is 3. The number of ether oxygens (including phenoxy) is 1. The van der Waals surface area contributed by atoms with Crippen LogP contribution < -0.4 is 5.32 Å². The van der Waals surface area contributed by atoms with E-state index in [1.807, 2.05) is 0 Å². The predicted molar refractivity (Wildman–Crippen MR) is 52.0 cm³/mol. The van der Waals surface area contributed by atoms with Gasteiger partial charge in [-0.05, 0) is 13.0 Å². The maximum absolute atomic E-state index is 12.3. The molecule has 0 aromatic carbocycles. The molecule has 0 fully saturated rings. The molecule has 0 radical (unpaired) electrons. The van der Waals surface area contributed by atoms with E-state index in [9.17, 15) is 13.2 Å². The van der Waals surface area contributed by atoms with E-state index < -0.39 is 11.9 Å². The van der Waals surface area contributed by atoms with Gasteiger partial charge in [-0.15, -0.1) is 0 Å². The quantitative estimate of drug-likeness (QED) is 0.866. The molecule has 1 heterocycles. The molecule has 0 aliphatic heterocycles. The standard InChI is InChI=1S/C9H12F3N3O/c1-6(16-2)5-14-8-13-4-3-7(15-8)9(10,11)12/h3-4,6H,5H2,1-2H3,(H,13,14,15). The maximum atomic E-state index is 12.3. The van der Waals surface area contributed by atoms with Crippen molar-refractivity contribution in [2.75, 3.05) is 19.0 Å². The molecule has 0 aliphatic carbocycles. The molecular formula is C9H12F3N3O. The Labute approximate surface area is 90.9 Å². The second-order valence-electron chi connectivity index (χ2n) is 3.19. The fourth-order valence-corrected chi connectivity index (χ4v) is 0.920. The third-order valence-electron chi connectivity index (χ3n) is 1.90. The van der Waals surface area contributed by atoms with Gasteiger partial charge in [-0.2, -0.15) is 13.2 Å². The molecule has 0 amide bonds. The summed E-state index contributed by atoms with van der Waals surface area (Å²) in [6.07, 6.45) is -3.51. The van der Waals surface area contributed by atoms with Crippen LogP contribution in [0.3, 0.4) is 0 Å². The number of nitrogens with zero attached hydrogens (tertiary/aromatic N) is 2. The molecule has 90 valence electrons. The number of halogens is 3. The number of aromatic nitrogens is 2. The molecule has 1 rings (SSSR count). The summed E-state index contributed by atoms with van der Waals surface area (Å²) >= 11 is 0. The van der Waals surface area contributed by atoms with Crippen molar-refractivity contribution < 1.29 is 17.9 Å².